The van der Waals surface area contributed by atoms with Gasteiger partial charge in [-0.05, 0) is 30.3 Å². The third kappa shape index (κ3) is 5.04. The molecule has 2 N–H and O–H groups in total. The largest absolute Gasteiger partial charge is 0.478 e. The zero-order valence-electron chi connectivity index (χ0n) is 16.4. The molecule has 1 aliphatic rings. The Bertz CT molecular complexity index is 1140. The first-order valence-electron chi connectivity index (χ1n) is 9.54. The van der Waals surface area contributed by atoms with E-state index in [9.17, 15) is 19.5 Å². The summed E-state index contributed by atoms with van der Waals surface area (Å²) in [6, 6.07) is 11.4. The molecule has 1 aliphatic heterocycles. The average molecular weight is 458 g/mol. The van der Waals surface area contributed by atoms with Crippen molar-refractivity contribution in [2.24, 2.45) is 0 Å². The van der Waals surface area contributed by atoms with Gasteiger partial charge in [0.05, 0.1) is 40.3 Å². The molecule has 1 aromatic heterocycles. The predicted molar refractivity (Wildman–Crippen MR) is 119 cm³/mol. The van der Waals surface area contributed by atoms with E-state index in [4.69, 9.17) is 4.74 Å². The molecule has 0 radical (unpaired) electrons. The minimum absolute atomic E-state index is 0.0533. The van der Waals surface area contributed by atoms with Gasteiger partial charge in [0.2, 0.25) is 5.91 Å². The van der Waals surface area contributed by atoms with Crippen LogP contribution in [0.4, 0.5) is 5.69 Å². The SMILES string of the molecule is O=C(O)c1ccccc1C(=O)Nc1ccc2nc(SCC(=O)N3CCOCC3)sc2c1. The van der Waals surface area contributed by atoms with Crippen molar-refractivity contribution in [1.82, 2.24) is 9.88 Å². The van der Waals surface area contributed by atoms with E-state index >= 15 is 0 Å². The summed E-state index contributed by atoms with van der Waals surface area (Å²) in [5.74, 6) is -1.27. The fourth-order valence-corrected chi connectivity index (χ4v) is 5.15. The second-order valence-electron chi connectivity index (χ2n) is 6.75. The fourth-order valence-electron chi connectivity index (χ4n) is 3.14. The summed E-state index contributed by atoms with van der Waals surface area (Å²) in [5, 5.41) is 12.0. The molecule has 2 heterocycles. The number of hydrogen-bond donors (Lipinski definition) is 2. The number of thioether (sulfide) groups is 1. The topological polar surface area (TPSA) is 109 Å². The minimum Gasteiger partial charge on any atom is -0.478 e. The van der Waals surface area contributed by atoms with Crippen LogP contribution in [0.1, 0.15) is 20.7 Å². The van der Waals surface area contributed by atoms with Gasteiger partial charge in [-0.1, -0.05) is 23.9 Å². The Labute approximate surface area is 186 Å². The van der Waals surface area contributed by atoms with Gasteiger partial charge in [-0.3, -0.25) is 9.59 Å². The summed E-state index contributed by atoms with van der Waals surface area (Å²) in [5.41, 5.74) is 1.36. The Hall–Kier alpha value is -2.95. The maximum Gasteiger partial charge on any atom is 0.336 e. The summed E-state index contributed by atoms with van der Waals surface area (Å²) >= 11 is 2.83. The molecule has 10 heteroatoms. The number of amides is 2. The number of anilines is 1. The van der Waals surface area contributed by atoms with Gasteiger partial charge >= 0.3 is 5.97 Å². The lowest BCUT2D eigenvalue weighted by atomic mass is 10.1. The zero-order valence-corrected chi connectivity index (χ0v) is 18.0. The summed E-state index contributed by atoms with van der Waals surface area (Å²) in [7, 11) is 0. The highest BCUT2D eigenvalue weighted by atomic mass is 32.2. The van der Waals surface area contributed by atoms with Gasteiger partial charge in [-0.25, -0.2) is 9.78 Å². The van der Waals surface area contributed by atoms with Crippen molar-refractivity contribution in [2.75, 3.05) is 37.4 Å². The number of thiazole rings is 1. The maximum atomic E-state index is 12.6. The first-order valence-corrected chi connectivity index (χ1v) is 11.3. The van der Waals surface area contributed by atoms with Crippen LogP contribution in [-0.2, 0) is 9.53 Å². The van der Waals surface area contributed by atoms with E-state index in [1.165, 1.54) is 35.2 Å². The van der Waals surface area contributed by atoms with Gasteiger partial charge in [0.15, 0.2) is 4.34 Å². The van der Waals surface area contributed by atoms with Crippen LogP contribution in [0.5, 0.6) is 0 Å². The monoisotopic (exact) mass is 457 g/mol. The van der Waals surface area contributed by atoms with Gasteiger partial charge in [-0.15, -0.1) is 11.3 Å². The number of hydrogen-bond acceptors (Lipinski definition) is 7. The van der Waals surface area contributed by atoms with Crippen LogP contribution >= 0.6 is 23.1 Å². The molecular weight excluding hydrogens is 438 g/mol. The first-order chi connectivity index (χ1) is 15.0. The third-order valence-electron chi connectivity index (χ3n) is 4.71. The summed E-state index contributed by atoms with van der Waals surface area (Å²) in [6.45, 7) is 2.38. The molecule has 160 valence electrons. The number of carbonyl (C=O) groups excluding carboxylic acids is 2. The molecule has 0 unspecified atom stereocenters. The number of nitrogens with one attached hydrogen (secondary N) is 1. The van der Waals surface area contributed by atoms with Crippen LogP contribution in [0.3, 0.4) is 0 Å². The van der Waals surface area contributed by atoms with Crippen molar-refractivity contribution in [1.29, 1.82) is 0 Å². The minimum atomic E-state index is -1.16. The van der Waals surface area contributed by atoms with Gasteiger partial charge in [0, 0.05) is 18.8 Å². The number of carbonyl (C=O) groups is 3. The quantitative estimate of drug-likeness (QED) is 0.547. The van der Waals surface area contributed by atoms with Gasteiger partial charge in [-0.2, -0.15) is 0 Å². The lowest BCUT2D eigenvalue weighted by Gasteiger charge is -2.26. The third-order valence-corrected chi connectivity index (χ3v) is 6.86. The molecule has 1 fully saturated rings. The Morgan fingerprint density at radius 3 is 2.61 bits per heavy atom. The fraction of sp³-hybridized carbons (Fsp3) is 0.238. The lowest BCUT2D eigenvalue weighted by Crippen LogP contribution is -2.41. The van der Waals surface area contributed by atoms with Crippen LogP contribution in [-0.4, -0.2) is 64.8 Å². The van der Waals surface area contributed by atoms with E-state index in [1.807, 2.05) is 0 Å². The second kappa shape index (κ2) is 9.46. The van der Waals surface area contributed by atoms with Crippen molar-refractivity contribution >= 4 is 56.8 Å². The molecule has 1 saturated heterocycles. The van der Waals surface area contributed by atoms with Crippen molar-refractivity contribution in [2.45, 2.75) is 4.34 Å². The summed E-state index contributed by atoms with van der Waals surface area (Å²) in [4.78, 5) is 42.6. The van der Waals surface area contributed by atoms with Crippen LogP contribution < -0.4 is 5.32 Å². The number of carboxylic acids is 1. The lowest BCUT2D eigenvalue weighted by molar-refractivity contribution is -0.132. The normalized spacial score (nSPS) is 13.9. The number of ether oxygens (including phenoxy) is 1. The molecular formula is C21H19N3O5S2. The average Bonchev–Trinajstić information content (AvgIpc) is 3.20. The molecule has 0 saturated carbocycles. The number of morpholine rings is 1. The van der Waals surface area contributed by atoms with Crippen molar-refractivity contribution in [3.05, 3.63) is 53.6 Å². The van der Waals surface area contributed by atoms with Crippen LogP contribution in [0.2, 0.25) is 0 Å². The highest BCUT2D eigenvalue weighted by Crippen LogP contribution is 2.31. The maximum absolute atomic E-state index is 12.6. The van der Waals surface area contributed by atoms with E-state index < -0.39 is 11.9 Å². The van der Waals surface area contributed by atoms with E-state index in [2.05, 4.69) is 10.3 Å². The van der Waals surface area contributed by atoms with Crippen molar-refractivity contribution in [3.63, 3.8) is 0 Å². The molecule has 4 rings (SSSR count). The number of aromatic nitrogens is 1. The highest BCUT2D eigenvalue weighted by molar-refractivity contribution is 8.01. The molecule has 0 aliphatic carbocycles. The molecule has 2 aromatic carbocycles. The molecule has 0 bridgehead atoms. The Kier molecular flexibility index (Phi) is 6.50. The predicted octanol–water partition coefficient (Wildman–Crippen LogP) is 3.20. The van der Waals surface area contributed by atoms with Crippen LogP contribution in [0.25, 0.3) is 10.2 Å². The number of carboxylic acid groups (broad SMARTS) is 1. The number of fused-ring (bicyclic) bond motifs is 1. The van der Waals surface area contributed by atoms with E-state index in [0.717, 1.165) is 14.6 Å². The molecule has 0 atom stereocenters. The van der Waals surface area contributed by atoms with E-state index in [-0.39, 0.29) is 17.0 Å². The molecule has 2 amide bonds. The second-order valence-corrected chi connectivity index (χ2v) is 9.00. The van der Waals surface area contributed by atoms with Crippen molar-refractivity contribution in [3.8, 4) is 0 Å². The standard InChI is InChI=1S/C21H19N3O5S2/c25-18(24-7-9-29-10-8-24)12-30-21-23-16-6-5-13(11-17(16)31-21)22-19(26)14-3-1-2-4-15(14)20(27)28/h1-6,11H,7-10,12H2,(H,22,26)(H,27,28). The Morgan fingerprint density at radius 2 is 1.87 bits per heavy atom. The number of benzene rings is 2. The van der Waals surface area contributed by atoms with E-state index in [1.54, 1.807) is 35.2 Å². The van der Waals surface area contributed by atoms with Gasteiger partial charge < -0.3 is 20.1 Å². The molecule has 3 aromatic rings. The molecule has 31 heavy (non-hydrogen) atoms. The summed E-state index contributed by atoms with van der Waals surface area (Å²) in [6.07, 6.45) is 0. The smallest absolute Gasteiger partial charge is 0.336 e. The Morgan fingerprint density at radius 1 is 1.13 bits per heavy atom. The van der Waals surface area contributed by atoms with Gasteiger partial charge in [0.1, 0.15) is 0 Å². The summed E-state index contributed by atoms with van der Waals surface area (Å²) < 4.78 is 6.91. The van der Waals surface area contributed by atoms with Crippen molar-refractivity contribution < 1.29 is 24.2 Å². The Balaban J connectivity index is 1.43. The number of aromatic carboxylic acids is 1. The first kappa shape index (κ1) is 21.3. The molecule has 0 spiro atoms. The van der Waals surface area contributed by atoms with Crippen LogP contribution in [0.15, 0.2) is 46.8 Å². The van der Waals surface area contributed by atoms with Gasteiger partial charge in [0.25, 0.3) is 5.91 Å². The number of rotatable bonds is 6. The molecule has 8 nitrogen and oxygen atoms in total. The van der Waals surface area contributed by atoms with Crippen LogP contribution in [0, 0.1) is 0 Å². The zero-order chi connectivity index (χ0) is 21.8. The highest BCUT2D eigenvalue weighted by Gasteiger charge is 2.18. The van der Waals surface area contributed by atoms with E-state index in [0.29, 0.717) is 37.7 Å². The number of nitrogens with zero attached hydrogens (tertiary/aromatic N) is 2.